The van der Waals surface area contributed by atoms with E-state index in [-0.39, 0.29) is 19.1 Å². The van der Waals surface area contributed by atoms with Gasteiger partial charge in [0.05, 0.1) is 39.9 Å². The second-order valence-corrected chi connectivity index (χ2v) is 16.1. The van der Waals surface area contributed by atoms with Crippen molar-refractivity contribution < 1.29 is 32.9 Å². The van der Waals surface area contributed by atoms with E-state index in [2.05, 4.69) is 31.3 Å². The summed E-state index contributed by atoms with van der Waals surface area (Å²) in [5, 5.41) is 13.7. The molecule has 0 aromatic heterocycles. The van der Waals surface area contributed by atoms with Crippen LogP contribution in [0.2, 0.25) is 0 Å². The van der Waals surface area contributed by atoms with E-state index in [9.17, 15) is 19.4 Å². The van der Waals surface area contributed by atoms with E-state index in [1.807, 2.05) is 27.2 Å². The molecule has 48 heavy (non-hydrogen) atoms. The van der Waals surface area contributed by atoms with Gasteiger partial charge in [0, 0.05) is 6.42 Å². The van der Waals surface area contributed by atoms with Crippen molar-refractivity contribution in [2.24, 2.45) is 0 Å². The number of nitrogens with one attached hydrogen (secondary N) is 1. The van der Waals surface area contributed by atoms with Gasteiger partial charge in [-0.05, 0) is 32.1 Å². The summed E-state index contributed by atoms with van der Waals surface area (Å²) in [5.74, 6) is -0.191. The summed E-state index contributed by atoms with van der Waals surface area (Å²) < 4.78 is 23.4. The molecule has 0 aliphatic rings. The molecule has 0 saturated heterocycles. The van der Waals surface area contributed by atoms with Gasteiger partial charge < -0.3 is 19.8 Å². The summed E-state index contributed by atoms with van der Waals surface area (Å²) in [4.78, 5) is 22.9. The van der Waals surface area contributed by atoms with Crippen LogP contribution >= 0.6 is 7.82 Å². The Hall–Kier alpha value is -1.02. The normalized spacial score (nSPS) is 14.9. The van der Waals surface area contributed by atoms with E-state index < -0.39 is 20.0 Å². The zero-order valence-electron chi connectivity index (χ0n) is 32.0. The van der Waals surface area contributed by atoms with Crippen LogP contribution < -0.4 is 5.32 Å². The third-order valence-electron chi connectivity index (χ3n) is 8.67. The van der Waals surface area contributed by atoms with E-state index in [1.165, 1.54) is 109 Å². The molecule has 3 atom stereocenters. The number of likely N-dealkylation sites (N-methyl/N-ethyl adjacent to an activating group) is 1. The molecule has 0 fully saturated rings. The fraction of sp³-hybridized carbons (Fsp3) is 0.872. The largest absolute Gasteiger partial charge is 0.472 e. The molecule has 0 rings (SSSR count). The number of aliphatic hydroxyl groups is 1. The molecule has 0 aromatic rings. The molecular weight excluding hydrogens is 623 g/mol. The lowest BCUT2D eigenvalue weighted by atomic mass is 10.1. The van der Waals surface area contributed by atoms with Crippen molar-refractivity contribution in [1.82, 2.24) is 5.32 Å². The summed E-state index contributed by atoms with van der Waals surface area (Å²) in [6.07, 6.45) is 35.3. The zero-order chi connectivity index (χ0) is 35.8. The maximum absolute atomic E-state index is 12.7. The number of unbranched alkanes of at least 4 members (excludes halogenated alkanes) is 20. The molecule has 1 amide bonds. The minimum Gasteiger partial charge on any atom is -0.387 e. The first-order valence-electron chi connectivity index (χ1n) is 19.7. The SMILES string of the molecule is CCCCCCCCCCCC/C=C/CC/C=C/C(O)C(COP(=O)(O)OCC[N+](C)(C)C)NC(=O)CCCCCCCCCCCC. The number of phosphoric ester groups is 1. The molecule has 0 aliphatic carbocycles. The van der Waals surface area contributed by atoms with E-state index in [1.54, 1.807) is 6.08 Å². The Morgan fingerprint density at radius 2 is 1.15 bits per heavy atom. The van der Waals surface area contributed by atoms with Gasteiger partial charge in [-0.3, -0.25) is 13.8 Å². The number of phosphoric acid groups is 1. The highest BCUT2D eigenvalue weighted by atomic mass is 31.2. The lowest BCUT2D eigenvalue weighted by Gasteiger charge is -2.25. The number of quaternary nitrogens is 1. The Bertz CT molecular complexity index is 845. The molecule has 3 N–H and O–H groups in total. The molecule has 0 aliphatic heterocycles. The molecule has 0 aromatic carbocycles. The Labute approximate surface area is 296 Å². The summed E-state index contributed by atoms with van der Waals surface area (Å²) in [6, 6.07) is -0.855. The number of aliphatic hydroxyl groups excluding tert-OH is 1. The van der Waals surface area contributed by atoms with Gasteiger partial charge >= 0.3 is 7.82 Å². The smallest absolute Gasteiger partial charge is 0.387 e. The summed E-state index contributed by atoms with van der Waals surface area (Å²) in [6.45, 7) is 4.76. The predicted octanol–water partition coefficient (Wildman–Crippen LogP) is 10.2. The van der Waals surface area contributed by atoms with Crippen LogP contribution in [-0.2, 0) is 18.4 Å². The monoisotopic (exact) mass is 702 g/mol. The predicted molar refractivity (Wildman–Crippen MR) is 203 cm³/mol. The third-order valence-corrected chi connectivity index (χ3v) is 9.66. The zero-order valence-corrected chi connectivity index (χ0v) is 32.9. The highest BCUT2D eigenvalue weighted by Crippen LogP contribution is 2.43. The van der Waals surface area contributed by atoms with Crippen LogP contribution in [0.5, 0.6) is 0 Å². The highest BCUT2D eigenvalue weighted by Gasteiger charge is 2.27. The van der Waals surface area contributed by atoms with Crippen LogP contribution in [0.4, 0.5) is 0 Å². The van der Waals surface area contributed by atoms with E-state index >= 15 is 0 Å². The van der Waals surface area contributed by atoms with E-state index in [4.69, 9.17) is 9.05 Å². The molecular formula is C39H78N2O6P+. The first-order valence-corrected chi connectivity index (χ1v) is 21.2. The number of hydrogen-bond donors (Lipinski definition) is 3. The number of carbonyl (C=O) groups is 1. The van der Waals surface area contributed by atoms with Gasteiger partial charge in [-0.15, -0.1) is 0 Å². The molecule has 9 heteroatoms. The second kappa shape index (κ2) is 31.9. The van der Waals surface area contributed by atoms with E-state index in [0.717, 1.165) is 38.5 Å². The minimum atomic E-state index is -4.33. The standard InChI is InChI=1S/C39H77N2O6P/c1-6-8-10-12-14-16-18-19-20-21-22-23-24-26-28-30-32-38(42)37(36-47-48(44,45)46-35-34-41(3,4)5)40-39(43)33-31-29-27-25-17-15-13-11-9-7-2/h23-24,30,32,37-38,42H,6-22,25-29,31,33-36H2,1-5H3,(H-,40,43,44,45)/p+1/b24-23+,32-30+. The molecule has 284 valence electrons. The van der Waals surface area contributed by atoms with Gasteiger partial charge in [0.15, 0.2) is 0 Å². The molecule has 0 saturated carbocycles. The molecule has 0 heterocycles. The van der Waals surface area contributed by atoms with Crippen LogP contribution in [0.25, 0.3) is 0 Å². The lowest BCUT2D eigenvalue weighted by Crippen LogP contribution is -2.45. The van der Waals surface area contributed by atoms with Gasteiger partial charge in [0.1, 0.15) is 13.2 Å². The number of hydrogen-bond acceptors (Lipinski definition) is 5. The topological polar surface area (TPSA) is 105 Å². The quantitative estimate of drug-likeness (QED) is 0.0263. The van der Waals surface area contributed by atoms with Crippen LogP contribution in [0.1, 0.15) is 168 Å². The fourth-order valence-electron chi connectivity index (χ4n) is 5.47. The van der Waals surface area contributed by atoms with Gasteiger partial charge in [-0.25, -0.2) is 4.57 Å². The van der Waals surface area contributed by atoms with Crippen molar-refractivity contribution in [3.63, 3.8) is 0 Å². The van der Waals surface area contributed by atoms with Crippen molar-refractivity contribution in [3.8, 4) is 0 Å². The second-order valence-electron chi connectivity index (χ2n) is 14.7. The summed E-state index contributed by atoms with van der Waals surface area (Å²) in [7, 11) is 1.56. The Morgan fingerprint density at radius 1 is 0.688 bits per heavy atom. The Balaban J connectivity index is 4.55. The first kappa shape index (κ1) is 47.0. The molecule has 0 spiro atoms. The van der Waals surface area contributed by atoms with Gasteiger partial charge in [0.2, 0.25) is 5.91 Å². The molecule has 8 nitrogen and oxygen atoms in total. The Kier molecular flexibility index (Phi) is 31.2. The highest BCUT2D eigenvalue weighted by molar-refractivity contribution is 7.47. The Morgan fingerprint density at radius 3 is 1.67 bits per heavy atom. The van der Waals surface area contributed by atoms with Crippen molar-refractivity contribution in [2.45, 2.75) is 180 Å². The minimum absolute atomic E-state index is 0.0577. The first-order chi connectivity index (χ1) is 23.0. The number of amides is 1. The van der Waals surface area contributed by atoms with Crippen LogP contribution in [0, 0.1) is 0 Å². The van der Waals surface area contributed by atoms with Crippen LogP contribution in [0.15, 0.2) is 24.3 Å². The van der Waals surface area contributed by atoms with Gasteiger partial charge in [-0.1, -0.05) is 154 Å². The maximum atomic E-state index is 12.7. The number of rotatable bonds is 35. The van der Waals surface area contributed by atoms with Crippen LogP contribution in [0.3, 0.4) is 0 Å². The number of carbonyl (C=O) groups excluding carboxylic acids is 1. The lowest BCUT2D eigenvalue weighted by molar-refractivity contribution is -0.870. The third kappa shape index (κ3) is 33.5. The summed E-state index contributed by atoms with van der Waals surface area (Å²) >= 11 is 0. The van der Waals surface area contributed by atoms with Crippen molar-refractivity contribution >= 4 is 13.7 Å². The fourth-order valence-corrected chi connectivity index (χ4v) is 6.20. The number of nitrogens with zero attached hydrogens (tertiary/aromatic N) is 1. The van der Waals surface area contributed by atoms with E-state index in [0.29, 0.717) is 17.4 Å². The van der Waals surface area contributed by atoms with Crippen molar-refractivity contribution in [2.75, 3.05) is 40.9 Å². The number of allylic oxidation sites excluding steroid dienone is 3. The molecule has 0 bridgehead atoms. The van der Waals surface area contributed by atoms with Crippen molar-refractivity contribution in [3.05, 3.63) is 24.3 Å². The van der Waals surface area contributed by atoms with Crippen LogP contribution in [-0.4, -0.2) is 73.4 Å². The molecule has 3 unspecified atom stereocenters. The maximum Gasteiger partial charge on any atom is 0.472 e. The molecule has 0 radical (unpaired) electrons. The van der Waals surface area contributed by atoms with Gasteiger partial charge in [0.25, 0.3) is 0 Å². The summed E-state index contributed by atoms with van der Waals surface area (Å²) in [5.41, 5.74) is 0. The van der Waals surface area contributed by atoms with Gasteiger partial charge in [-0.2, -0.15) is 0 Å². The average Bonchev–Trinajstić information content (AvgIpc) is 3.02. The van der Waals surface area contributed by atoms with Crippen molar-refractivity contribution in [1.29, 1.82) is 0 Å². The average molecular weight is 702 g/mol.